The molecule has 0 atom stereocenters. The number of methoxy groups -OCH3 is 2. The SMILES string of the molecule is COc1cc2nc(/C=C/c3cccnc3)nc(NCCc3ccncc3)c2cc1OC. The average Bonchev–Trinajstić information content (AvgIpc) is 2.83. The third-order valence-corrected chi connectivity index (χ3v) is 4.78. The van der Waals surface area contributed by atoms with Crippen LogP contribution in [-0.4, -0.2) is 40.7 Å². The molecule has 0 fully saturated rings. The van der Waals surface area contributed by atoms with Gasteiger partial charge in [0, 0.05) is 42.8 Å². The first-order valence-electron chi connectivity index (χ1n) is 9.91. The maximum Gasteiger partial charge on any atom is 0.162 e. The third-order valence-electron chi connectivity index (χ3n) is 4.78. The van der Waals surface area contributed by atoms with Gasteiger partial charge in [-0.15, -0.1) is 0 Å². The first kappa shape index (κ1) is 20.3. The molecule has 0 aliphatic rings. The number of anilines is 1. The van der Waals surface area contributed by atoms with Gasteiger partial charge in [0.2, 0.25) is 0 Å². The fourth-order valence-corrected chi connectivity index (χ4v) is 3.20. The number of rotatable bonds is 8. The van der Waals surface area contributed by atoms with Gasteiger partial charge in [0.05, 0.1) is 19.7 Å². The van der Waals surface area contributed by atoms with Crippen molar-refractivity contribution in [1.29, 1.82) is 0 Å². The quantitative estimate of drug-likeness (QED) is 0.462. The lowest BCUT2D eigenvalue weighted by Crippen LogP contribution is -2.08. The Hall–Kier alpha value is -4.00. The maximum atomic E-state index is 5.47. The van der Waals surface area contributed by atoms with Crippen molar-refractivity contribution in [2.75, 3.05) is 26.1 Å². The Labute approximate surface area is 180 Å². The predicted octanol–water partition coefficient (Wildman–Crippen LogP) is 4.26. The summed E-state index contributed by atoms with van der Waals surface area (Å²) in [4.78, 5) is 17.6. The fraction of sp³-hybridized carbons (Fsp3) is 0.167. The minimum Gasteiger partial charge on any atom is -0.493 e. The van der Waals surface area contributed by atoms with Gasteiger partial charge in [-0.1, -0.05) is 6.07 Å². The predicted molar refractivity (Wildman–Crippen MR) is 122 cm³/mol. The van der Waals surface area contributed by atoms with E-state index in [1.165, 1.54) is 5.56 Å². The van der Waals surface area contributed by atoms with Crippen LogP contribution in [0.1, 0.15) is 17.0 Å². The molecule has 0 saturated heterocycles. The highest BCUT2D eigenvalue weighted by atomic mass is 16.5. The van der Waals surface area contributed by atoms with E-state index in [1.54, 1.807) is 39.0 Å². The highest BCUT2D eigenvalue weighted by Crippen LogP contribution is 2.34. The largest absolute Gasteiger partial charge is 0.493 e. The zero-order chi connectivity index (χ0) is 21.5. The molecule has 0 saturated carbocycles. The van der Waals surface area contributed by atoms with Crippen molar-refractivity contribution < 1.29 is 9.47 Å². The van der Waals surface area contributed by atoms with Gasteiger partial charge in [0.25, 0.3) is 0 Å². The summed E-state index contributed by atoms with van der Waals surface area (Å²) in [5, 5.41) is 4.32. The molecule has 0 bridgehead atoms. The Kier molecular flexibility index (Phi) is 6.32. The van der Waals surface area contributed by atoms with Crippen molar-refractivity contribution in [2.24, 2.45) is 0 Å². The summed E-state index contributed by atoms with van der Waals surface area (Å²) in [5.74, 6) is 2.59. The first-order valence-corrected chi connectivity index (χ1v) is 9.91. The Morgan fingerprint density at radius 2 is 1.71 bits per heavy atom. The second-order valence-electron chi connectivity index (χ2n) is 6.81. The monoisotopic (exact) mass is 413 g/mol. The number of benzene rings is 1. The van der Waals surface area contributed by atoms with Crippen molar-refractivity contribution in [3.63, 3.8) is 0 Å². The molecular formula is C24H23N5O2. The van der Waals surface area contributed by atoms with Gasteiger partial charge in [0.1, 0.15) is 5.82 Å². The molecule has 7 heteroatoms. The van der Waals surface area contributed by atoms with Crippen LogP contribution in [-0.2, 0) is 6.42 Å². The number of aromatic nitrogens is 4. The van der Waals surface area contributed by atoms with E-state index in [9.17, 15) is 0 Å². The summed E-state index contributed by atoms with van der Waals surface area (Å²) in [7, 11) is 3.23. The number of hydrogen-bond donors (Lipinski definition) is 1. The molecule has 31 heavy (non-hydrogen) atoms. The van der Waals surface area contributed by atoms with E-state index >= 15 is 0 Å². The Morgan fingerprint density at radius 3 is 2.45 bits per heavy atom. The van der Waals surface area contributed by atoms with Crippen molar-refractivity contribution in [1.82, 2.24) is 19.9 Å². The van der Waals surface area contributed by atoms with Gasteiger partial charge < -0.3 is 14.8 Å². The number of fused-ring (bicyclic) bond motifs is 1. The van der Waals surface area contributed by atoms with Gasteiger partial charge in [-0.05, 0) is 54.0 Å². The van der Waals surface area contributed by atoms with Crippen molar-refractivity contribution in [3.8, 4) is 11.5 Å². The highest BCUT2D eigenvalue weighted by Gasteiger charge is 2.12. The van der Waals surface area contributed by atoms with Crippen LogP contribution >= 0.6 is 0 Å². The van der Waals surface area contributed by atoms with Gasteiger partial charge >= 0.3 is 0 Å². The van der Waals surface area contributed by atoms with Crippen LogP contribution in [0.15, 0.2) is 61.2 Å². The third kappa shape index (κ3) is 4.95. The molecule has 3 aromatic heterocycles. The van der Waals surface area contributed by atoms with E-state index in [-0.39, 0.29) is 0 Å². The van der Waals surface area contributed by atoms with E-state index in [4.69, 9.17) is 19.4 Å². The van der Waals surface area contributed by atoms with Crippen LogP contribution in [0, 0.1) is 0 Å². The molecule has 0 aliphatic heterocycles. The topological polar surface area (TPSA) is 82.1 Å². The lowest BCUT2D eigenvalue weighted by Gasteiger charge is -2.13. The standard InChI is InChI=1S/C24H23N5O2/c1-30-21-14-19-20(15-22(21)31-2)28-23(6-5-18-4-3-10-26-16-18)29-24(19)27-13-9-17-7-11-25-12-8-17/h3-8,10-12,14-16H,9,13H2,1-2H3,(H,27,28,29)/b6-5+. The number of hydrogen-bond acceptors (Lipinski definition) is 7. The fourth-order valence-electron chi connectivity index (χ4n) is 3.20. The van der Waals surface area contributed by atoms with Crippen LogP contribution in [0.2, 0.25) is 0 Å². The van der Waals surface area contributed by atoms with Gasteiger partial charge in [-0.25, -0.2) is 9.97 Å². The Bertz CT molecular complexity index is 1180. The zero-order valence-electron chi connectivity index (χ0n) is 17.4. The molecule has 4 aromatic rings. The van der Waals surface area contributed by atoms with Crippen LogP contribution in [0.5, 0.6) is 11.5 Å². The Balaban J connectivity index is 1.68. The first-order chi connectivity index (χ1) is 15.3. The molecule has 156 valence electrons. The molecule has 1 aromatic carbocycles. The number of pyridine rings is 2. The number of ether oxygens (including phenoxy) is 2. The molecular weight excluding hydrogens is 390 g/mol. The summed E-state index contributed by atoms with van der Waals surface area (Å²) in [6.07, 6.45) is 11.8. The molecule has 0 spiro atoms. The Morgan fingerprint density at radius 1 is 0.903 bits per heavy atom. The van der Waals surface area contributed by atoms with Crippen LogP contribution in [0.3, 0.4) is 0 Å². The van der Waals surface area contributed by atoms with Crippen LogP contribution in [0.25, 0.3) is 23.1 Å². The van der Waals surface area contributed by atoms with E-state index in [2.05, 4.69) is 15.3 Å². The molecule has 0 unspecified atom stereocenters. The lowest BCUT2D eigenvalue weighted by atomic mass is 10.1. The maximum absolute atomic E-state index is 5.47. The highest BCUT2D eigenvalue weighted by molar-refractivity contribution is 5.92. The van der Waals surface area contributed by atoms with E-state index < -0.39 is 0 Å². The van der Waals surface area contributed by atoms with E-state index in [0.29, 0.717) is 17.3 Å². The summed E-state index contributed by atoms with van der Waals surface area (Å²) in [6, 6.07) is 11.7. The lowest BCUT2D eigenvalue weighted by molar-refractivity contribution is 0.356. The summed E-state index contributed by atoms with van der Waals surface area (Å²) in [5.41, 5.74) is 2.95. The minimum absolute atomic E-state index is 0.593. The van der Waals surface area contributed by atoms with Gasteiger partial charge in [-0.2, -0.15) is 0 Å². The number of nitrogens with zero attached hydrogens (tertiary/aromatic N) is 4. The van der Waals surface area contributed by atoms with Crippen molar-refractivity contribution in [3.05, 3.63) is 78.1 Å². The molecule has 7 nitrogen and oxygen atoms in total. The molecule has 4 rings (SSSR count). The molecule has 1 N–H and O–H groups in total. The number of nitrogens with one attached hydrogen (secondary N) is 1. The summed E-state index contributed by atoms with van der Waals surface area (Å²) in [6.45, 7) is 0.718. The van der Waals surface area contributed by atoms with Crippen molar-refractivity contribution >= 4 is 28.9 Å². The van der Waals surface area contributed by atoms with Crippen molar-refractivity contribution in [2.45, 2.75) is 6.42 Å². The van der Waals surface area contributed by atoms with Gasteiger partial charge in [0.15, 0.2) is 17.3 Å². The summed E-state index contributed by atoms with van der Waals surface area (Å²) < 4.78 is 10.9. The second kappa shape index (κ2) is 9.67. The molecule has 3 heterocycles. The van der Waals surface area contributed by atoms with E-state index in [0.717, 1.165) is 35.2 Å². The average molecular weight is 413 g/mol. The normalized spacial score (nSPS) is 11.0. The minimum atomic E-state index is 0.593. The van der Waals surface area contributed by atoms with Crippen LogP contribution in [0.4, 0.5) is 5.82 Å². The zero-order valence-corrected chi connectivity index (χ0v) is 17.4. The van der Waals surface area contributed by atoms with Gasteiger partial charge in [-0.3, -0.25) is 9.97 Å². The second-order valence-corrected chi connectivity index (χ2v) is 6.81. The van der Waals surface area contributed by atoms with E-state index in [1.807, 2.05) is 48.6 Å². The molecule has 0 amide bonds. The molecule has 0 aliphatic carbocycles. The summed E-state index contributed by atoms with van der Waals surface area (Å²) >= 11 is 0. The smallest absolute Gasteiger partial charge is 0.162 e. The molecule has 0 radical (unpaired) electrons. The van der Waals surface area contributed by atoms with Crippen LogP contribution < -0.4 is 14.8 Å².